The van der Waals surface area contributed by atoms with E-state index in [4.69, 9.17) is 4.74 Å². The van der Waals surface area contributed by atoms with E-state index >= 15 is 0 Å². The van der Waals surface area contributed by atoms with Gasteiger partial charge in [-0.05, 0) is 19.4 Å². The summed E-state index contributed by atoms with van der Waals surface area (Å²) in [6, 6.07) is 0.639. The van der Waals surface area contributed by atoms with Crippen LogP contribution in [0.5, 0.6) is 0 Å². The molecule has 3 heteroatoms. The molecule has 78 valence electrons. The summed E-state index contributed by atoms with van der Waals surface area (Å²) in [5, 5.41) is 3.47. The largest absolute Gasteiger partial charge is 0.383 e. The summed E-state index contributed by atoms with van der Waals surface area (Å²) >= 11 is 0. The third-order valence-electron chi connectivity index (χ3n) is 2.68. The fraction of sp³-hybridized carbons (Fsp3) is 1.00. The molecule has 1 rings (SSSR count). The first kappa shape index (κ1) is 11.0. The zero-order chi connectivity index (χ0) is 9.68. The van der Waals surface area contributed by atoms with Gasteiger partial charge in [-0.1, -0.05) is 6.92 Å². The smallest absolute Gasteiger partial charge is 0.0589 e. The molecule has 1 heterocycles. The summed E-state index contributed by atoms with van der Waals surface area (Å²) in [7, 11) is 1.77. The van der Waals surface area contributed by atoms with Gasteiger partial charge in [-0.3, -0.25) is 4.90 Å². The van der Waals surface area contributed by atoms with Crippen LogP contribution in [-0.4, -0.2) is 50.8 Å². The molecule has 0 spiro atoms. The molecule has 1 N–H and O–H groups in total. The third kappa shape index (κ3) is 3.63. The highest BCUT2D eigenvalue weighted by Crippen LogP contribution is 2.07. The van der Waals surface area contributed by atoms with Gasteiger partial charge in [0, 0.05) is 32.8 Å². The molecule has 1 aliphatic rings. The lowest BCUT2D eigenvalue weighted by Gasteiger charge is -2.27. The highest BCUT2D eigenvalue weighted by atomic mass is 16.5. The van der Waals surface area contributed by atoms with Crippen molar-refractivity contribution in [1.29, 1.82) is 0 Å². The van der Waals surface area contributed by atoms with Crippen LogP contribution in [0.25, 0.3) is 0 Å². The summed E-state index contributed by atoms with van der Waals surface area (Å²) in [4.78, 5) is 2.51. The predicted octanol–water partition coefficient (Wildman–Crippen LogP) is 0.563. The minimum absolute atomic E-state index is 0.639. The molecule has 0 aromatic rings. The molecule has 2 unspecified atom stereocenters. The first-order valence-corrected chi connectivity index (χ1v) is 5.17. The Morgan fingerprint density at radius 3 is 2.85 bits per heavy atom. The van der Waals surface area contributed by atoms with Crippen molar-refractivity contribution in [2.45, 2.75) is 19.9 Å². The Balaban J connectivity index is 2.37. The summed E-state index contributed by atoms with van der Waals surface area (Å²) in [5.74, 6) is 0.752. The molecule has 0 aromatic heterocycles. The second-order valence-corrected chi connectivity index (χ2v) is 4.10. The van der Waals surface area contributed by atoms with Gasteiger partial charge >= 0.3 is 0 Å². The van der Waals surface area contributed by atoms with Gasteiger partial charge in [-0.2, -0.15) is 0 Å². The van der Waals surface area contributed by atoms with E-state index in [2.05, 4.69) is 24.1 Å². The fourth-order valence-corrected chi connectivity index (χ4v) is 1.83. The van der Waals surface area contributed by atoms with Crippen LogP contribution in [0.15, 0.2) is 0 Å². The number of hydrogen-bond acceptors (Lipinski definition) is 3. The van der Waals surface area contributed by atoms with Crippen molar-refractivity contribution in [2.24, 2.45) is 5.92 Å². The molecule has 0 saturated carbocycles. The number of rotatable bonds is 3. The van der Waals surface area contributed by atoms with Crippen molar-refractivity contribution in [3.63, 3.8) is 0 Å². The van der Waals surface area contributed by atoms with E-state index < -0.39 is 0 Å². The molecule has 0 bridgehead atoms. The van der Waals surface area contributed by atoms with Gasteiger partial charge in [0.15, 0.2) is 0 Å². The van der Waals surface area contributed by atoms with Crippen molar-refractivity contribution in [1.82, 2.24) is 10.2 Å². The highest BCUT2D eigenvalue weighted by molar-refractivity contribution is 4.77. The predicted molar refractivity (Wildman–Crippen MR) is 54.9 cm³/mol. The number of methoxy groups -OCH3 is 1. The standard InChI is InChI=1S/C10H22N2O/c1-9-6-11-7-10(2)12(8-9)4-5-13-3/h9-11H,4-8H2,1-3H3. The van der Waals surface area contributed by atoms with Crippen LogP contribution in [0, 0.1) is 5.92 Å². The Morgan fingerprint density at radius 1 is 1.38 bits per heavy atom. The van der Waals surface area contributed by atoms with Crippen molar-refractivity contribution in [3.8, 4) is 0 Å². The van der Waals surface area contributed by atoms with E-state index in [1.54, 1.807) is 7.11 Å². The molecular weight excluding hydrogens is 164 g/mol. The molecule has 1 saturated heterocycles. The van der Waals surface area contributed by atoms with Gasteiger partial charge in [-0.15, -0.1) is 0 Å². The summed E-state index contributed by atoms with van der Waals surface area (Å²) < 4.78 is 5.11. The lowest BCUT2D eigenvalue weighted by Crippen LogP contribution is -2.39. The van der Waals surface area contributed by atoms with Crippen LogP contribution < -0.4 is 5.32 Å². The van der Waals surface area contributed by atoms with Crippen LogP contribution >= 0.6 is 0 Å². The van der Waals surface area contributed by atoms with Crippen molar-refractivity contribution in [2.75, 3.05) is 39.9 Å². The summed E-state index contributed by atoms with van der Waals surface area (Å²) in [6.45, 7) is 9.92. The highest BCUT2D eigenvalue weighted by Gasteiger charge is 2.19. The lowest BCUT2D eigenvalue weighted by atomic mass is 10.1. The average Bonchev–Trinajstić information content (AvgIpc) is 2.25. The van der Waals surface area contributed by atoms with E-state index in [1.165, 1.54) is 6.54 Å². The molecule has 1 fully saturated rings. The monoisotopic (exact) mass is 186 g/mol. The zero-order valence-electron chi connectivity index (χ0n) is 9.05. The van der Waals surface area contributed by atoms with E-state index in [-0.39, 0.29) is 0 Å². The summed E-state index contributed by atoms with van der Waals surface area (Å²) in [6.07, 6.45) is 0. The van der Waals surface area contributed by atoms with Crippen LogP contribution in [0.3, 0.4) is 0 Å². The number of ether oxygens (including phenoxy) is 1. The van der Waals surface area contributed by atoms with Gasteiger partial charge in [-0.25, -0.2) is 0 Å². The SMILES string of the molecule is COCCN1CC(C)CNCC1C. The van der Waals surface area contributed by atoms with E-state index in [1.807, 2.05) is 0 Å². The second-order valence-electron chi connectivity index (χ2n) is 4.10. The van der Waals surface area contributed by atoms with Crippen molar-refractivity contribution >= 4 is 0 Å². The Hall–Kier alpha value is -0.120. The molecule has 0 amide bonds. The maximum atomic E-state index is 5.11. The van der Waals surface area contributed by atoms with Gasteiger partial charge < -0.3 is 10.1 Å². The van der Waals surface area contributed by atoms with Crippen molar-refractivity contribution in [3.05, 3.63) is 0 Å². The maximum Gasteiger partial charge on any atom is 0.0589 e. The Morgan fingerprint density at radius 2 is 2.15 bits per heavy atom. The normalized spacial score (nSPS) is 31.6. The molecule has 0 radical (unpaired) electrons. The molecule has 3 nitrogen and oxygen atoms in total. The minimum Gasteiger partial charge on any atom is -0.383 e. The van der Waals surface area contributed by atoms with Crippen LogP contribution in [-0.2, 0) is 4.74 Å². The quantitative estimate of drug-likeness (QED) is 0.697. The first-order chi connectivity index (χ1) is 6.24. The molecule has 2 atom stereocenters. The van der Waals surface area contributed by atoms with Crippen molar-refractivity contribution < 1.29 is 4.74 Å². The van der Waals surface area contributed by atoms with E-state index in [9.17, 15) is 0 Å². The summed E-state index contributed by atoms with van der Waals surface area (Å²) in [5.41, 5.74) is 0. The third-order valence-corrected chi connectivity index (χ3v) is 2.68. The molecule has 0 aromatic carbocycles. The Labute approximate surface area is 81.4 Å². The Kier molecular flexibility index (Phi) is 4.70. The zero-order valence-corrected chi connectivity index (χ0v) is 9.05. The number of nitrogens with one attached hydrogen (secondary N) is 1. The van der Waals surface area contributed by atoms with E-state index in [0.717, 1.165) is 32.2 Å². The second kappa shape index (κ2) is 5.58. The fourth-order valence-electron chi connectivity index (χ4n) is 1.83. The van der Waals surface area contributed by atoms with Gasteiger partial charge in [0.05, 0.1) is 6.61 Å². The van der Waals surface area contributed by atoms with Crippen LogP contribution in [0.2, 0.25) is 0 Å². The van der Waals surface area contributed by atoms with Gasteiger partial charge in [0.2, 0.25) is 0 Å². The number of nitrogens with zero attached hydrogens (tertiary/aromatic N) is 1. The molecular formula is C10H22N2O. The average molecular weight is 186 g/mol. The van der Waals surface area contributed by atoms with Crippen LogP contribution in [0.4, 0.5) is 0 Å². The molecule has 1 aliphatic heterocycles. The maximum absolute atomic E-state index is 5.11. The Bertz CT molecular complexity index is 141. The van der Waals surface area contributed by atoms with E-state index in [0.29, 0.717) is 6.04 Å². The lowest BCUT2D eigenvalue weighted by molar-refractivity contribution is 0.123. The minimum atomic E-state index is 0.639. The van der Waals surface area contributed by atoms with Gasteiger partial charge in [0.25, 0.3) is 0 Å². The topological polar surface area (TPSA) is 24.5 Å². The van der Waals surface area contributed by atoms with Gasteiger partial charge in [0.1, 0.15) is 0 Å². The van der Waals surface area contributed by atoms with Crippen LogP contribution in [0.1, 0.15) is 13.8 Å². The molecule has 13 heavy (non-hydrogen) atoms. The molecule has 0 aliphatic carbocycles. The first-order valence-electron chi connectivity index (χ1n) is 5.17. The number of hydrogen-bond donors (Lipinski definition) is 1.